The molecular formula is C22H22N2O4. The molecule has 0 saturated heterocycles. The molecule has 3 rings (SSSR count). The van der Waals surface area contributed by atoms with Crippen LogP contribution in [0.15, 0.2) is 71.3 Å². The van der Waals surface area contributed by atoms with Gasteiger partial charge in [-0.2, -0.15) is 0 Å². The molecule has 0 spiro atoms. The standard InChI is InChI=1S/C22H22N2O4/c1-16(25)19-9-3-4-10-20(19)23-22(27)15-24(14-18-8-6-12-28-18)13-17-7-2-5-11-21(17)26/h2-12,26H,13-15H2,1H3,(H,23,27). The number of hydrogen-bond donors (Lipinski definition) is 2. The van der Waals surface area contributed by atoms with Gasteiger partial charge in [-0.05, 0) is 37.3 Å². The highest BCUT2D eigenvalue weighted by Crippen LogP contribution is 2.20. The number of benzene rings is 2. The topological polar surface area (TPSA) is 82.8 Å². The van der Waals surface area contributed by atoms with Gasteiger partial charge in [-0.3, -0.25) is 14.5 Å². The lowest BCUT2D eigenvalue weighted by Crippen LogP contribution is -2.32. The summed E-state index contributed by atoms with van der Waals surface area (Å²) in [5.41, 5.74) is 1.67. The first-order valence-electron chi connectivity index (χ1n) is 8.94. The number of rotatable bonds is 8. The fourth-order valence-electron chi connectivity index (χ4n) is 2.97. The van der Waals surface area contributed by atoms with E-state index < -0.39 is 0 Å². The maximum atomic E-state index is 12.6. The molecule has 0 fully saturated rings. The van der Waals surface area contributed by atoms with Crippen molar-refractivity contribution in [3.05, 3.63) is 83.8 Å². The highest BCUT2D eigenvalue weighted by atomic mass is 16.3. The number of aromatic hydroxyl groups is 1. The summed E-state index contributed by atoms with van der Waals surface area (Å²) in [6.07, 6.45) is 1.58. The predicted molar refractivity (Wildman–Crippen MR) is 106 cm³/mol. The Morgan fingerprint density at radius 2 is 1.75 bits per heavy atom. The van der Waals surface area contributed by atoms with Crippen LogP contribution >= 0.6 is 0 Å². The number of furan rings is 1. The molecule has 2 N–H and O–H groups in total. The van der Waals surface area contributed by atoms with Crippen molar-refractivity contribution in [2.45, 2.75) is 20.0 Å². The minimum absolute atomic E-state index is 0.0707. The SMILES string of the molecule is CC(=O)c1ccccc1NC(=O)CN(Cc1ccco1)Cc1ccccc1O. The quantitative estimate of drug-likeness (QED) is 0.582. The zero-order valence-corrected chi connectivity index (χ0v) is 15.6. The smallest absolute Gasteiger partial charge is 0.238 e. The Labute approximate surface area is 163 Å². The van der Waals surface area contributed by atoms with E-state index in [1.807, 2.05) is 23.1 Å². The fourth-order valence-corrected chi connectivity index (χ4v) is 2.97. The summed E-state index contributed by atoms with van der Waals surface area (Å²) in [6, 6.07) is 17.5. The van der Waals surface area contributed by atoms with Gasteiger partial charge in [-0.25, -0.2) is 0 Å². The third kappa shape index (κ3) is 5.08. The fraction of sp³-hybridized carbons (Fsp3) is 0.182. The van der Waals surface area contributed by atoms with E-state index in [4.69, 9.17) is 4.42 Å². The molecule has 1 aromatic heterocycles. The van der Waals surface area contributed by atoms with Gasteiger partial charge < -0.3 is 14.8 Å². The molecule has 1 amide bonds. The van der Waals surface area contributed by atoms with Gasteiger partial charge in [0.05, 0.1) is 25.0 Å². The lowest BCUT2D eigenvalue weighted by atomic mass is 10.1. The van der Waals surface area contributed by atoms with Crippen molar-refractivity contribution >= 4 is 17.4 Å². The molecule has 0 saturated carbocycles. The molecule has 0 bridgehead atoms. The largest absolute Gasteiger partial charge is 0.508 e. The van der Waals surface area contributed by atoms with Crippen molar-refractivity contribution in [2.24, 2.45) is 0 Å². The zero-order chi connectivity index (χ0) is 19.9. The van der Waals surface area contributed by atoms with Gasteiger partial charge in [0.25, 0.3) is 0 Å². The average Bonchev–Trinajstić information content (AvgIpc) is 3.16. The number of anilines is 1. The molecular weight excluding hydrogens is 356 g/mol. The number of phenolic OH excluding ortho intramolecular Hbond substituents is 1. The van der Waals surface area contributed by atoms with E-state index in [0.29, 0.717) is 35.7 Å². The number of phenols is 1. The molecule has 6 heteroatoms. The predicted octanol–water partition coefficient (Wildman–Crippen LogP) is 3.83. The van der Waals surface area contributed by atoms with Crippen molar-refractivity contribution in [3.8, 4) is 5.75 Å². The lowest BCUT2D eigenvalue weighted by Gasteiger charge is -2.21. The molecule has 0 unspecified atom stereocenters. The minimum Gasteiger partial charge on any atom is -0.508 e. The number of carbonyl (C=O) groups is 2. The Bertz CT molecular complexity index is 951. The molecule has 1 heterocycles. The van der Waals surface area contributed by atoms with Crippen LogP contribution in [-0.4, -0.2) is 28.2 Å². The summed E-state index contributed by atoms with van der Waals surface area (Å²) >= 11 is 0. The summed E-state index contributed by atoms with van der Waals surface area (Å²) in [7, 11) is 0. The van der Waals surface area contributed by atoms with Crippen LogP contribution in [0.4, 0.5) is 5.69 Å². The van der Waals surface area contributed by atoms with Crippen LogP contribution in [0.5, 0.6) is 5.75 Å². The first kappa shape index (κ1) is 19.4. The van der Waals surface area contributed by atoms with E-state index in [1.165, 1.54) is 6.92 Å². The van der Waals surface area contributed by atoms with Crippen molar-refractivity contribution in [1.29, 1.82) is 0 Å². The number of amides is 1. The maximum absolute atomic E-state index is 12.6. The molecule has 2 aromatic carbocycles. The van der Waals surface area contributed by atoms with Crippen LogP contribution < -0.4 is 5.32 Å². The Kier molecular flexibility index (Phi) is 6.24. The third-order valence-electron chi connectivity index (χ3n) is 4.29. The molecule has 28 heavy (non-hydrogen) atoms. The van der Waals surface area contributed by atoms with Gasteiger partial charge >= 0.3 is 0 Å². The second-order valence-corrected chi connectivity index (χ2v) is 6.50. The molecule has 0 aliphatic carbocycles. The van der Waals surface area contributed by atoms with E-state index in [1.54, 1.807) is 48.7 Å². The third-order valence-corrected chi connectivity index (χ3v) is 4.29. The van der Waals surface area contributed by atoms with Crippen LogP contribution in [0.1, 0.15) is 28.6 Å². The van der Waals surface area contributed by atoms with Gasteiger partial charge in [-0.1, -0.05) is 30.3 Å². The lowest BCUT2D eigenvalue weighted by molar-refractivity contribution is -0.117. The molecule has 0 atom stereocenters. The van der Waals surface area contributed by atoms with Crippen LogP contribution in [0, 0.1) is 0 Å². The van der Waals surface area contributed by atoms with Gasteiger partial charge in [0, 0.05) is 17.7 Å². The van der Waals surface area contributed by atoms with Gasteiger partial charge in [-0.15, -0.1) is 0 Å². The van der Waals surface area contributed by atoms with Gasteiger partial charge in [0.1, 0.15) is 11.5 Å². The van der Waals surface area contributed by atoms with E-state index >= 15 is 0 Å². The van der Waals surface area contributed by atoms with Crippen LogP contribution in [0.3, 0.4) is 0 Å². The number of para-hydroxylation sites is 2. The van der Waals surface area contributed by atoms with Crippen LogP contribution in [0.25, 0.3) is 0 Å². The van der Waals surface area contributed by atoms with E-state index in [2.05, 4.69) is 5.32 Å². The normalized spacial score (nSPS) is 10.8. The van der Waals surface area contributed by atoms with Crippen molar-refractivity contribution in [2.75, 3.05) is 11.9 Å². The number of nitrogens with zero attached hydrogens (tertiary/aromatic N) is 1. The summed E-state index contributed by atoms with van der Waals surface area (Å²) in [5, 5.41) is 12.9. The van der Waals surface area contributed by atoms with Crippen LogP contribution in [0.2, 0.25) is 0 Å². The van der Waals surface area contributed by atoms with Crippen molar-refractivity contribution < 1.29 is 19.1 Å². The minimum atomic E-state index is -0.254. The molecule has 0 aliphatic heterocycles. The van der Waals surface area contributed by atoms with Crippen molar-refractivity contribution in [1.82, 2.24) is 4.90 Å². The monoisotopic (exact) mass is 378 g/mol. The first-order chi connectivity index (χ1) is 13.5. The number of hydrogen-bond acceptors (Lipinski definition) is 5. The zero-order valence-electron chi connectivity index (χ0n) is 15.6. The van der Waals surface area contributed by atoms with E-state index in [-0.39, 0.29) is 24.0 Å². The van der Waals surface area contributed by atoms with Crippen LogP contribution in [-0.2, 0) is 17.9 Å². The Balaban J connectivity index is 1.74. The van der Waals surface area contributed by atoms with Gasteiger partial charge in [0.2, 0.25) is 5.91 Å². The molecule has 6 nitrogen and oxygen atoms in total. The second kappa shape index (κ2) is 9.01. The Morgan fingerprint density at radius 3 is 2.46 bits per heavy atom. The highest BCUT2D eigenvalue weighted by Gasteiger charge is 2.16. The second-order valence-electron chi connectivity index (χ2n) is 6.50. The maximum Gasteiger partial charge on any atom is 0.238 e. The highest BCUT2D eigenvalue weighted by molar-refractivity contribution is 6.04. The number of nitrogens with one attached hydrogen (secondary N) is 1. The summed E-state index contributed by atoms with van der Waals surface area (Å²) in [4.78, 5) is 26.3. The summed E-state index contributed by atoms with van der Waals surface area (Å²) < 4.78 is 5.40. The molecule has 3 aromatic rings. The van der Waals surface area contributed by atoms with Crippen molar-refractivity contribution in [3.63, 3.8) is 0 Å². The van der Waals surface area contributed by atoms with E-state index in [0.717, 1.165) is 0 Å². The summed E-state index contributed by atoms with van der Waals surface area (Å²) in [5.74, 6) is 0.523. The number of Topliss-reactive ketones (excluding diaryl/α,β-unsaturated/α-hetero) is 1. The molecule has 0 aliphatic rings. The molecule has 144 valence electrons. The number of carbonyl (C=O) groups excluding carboxylic acids is 2. The first-order valence-corrected chi connectivity index (χ1v) is 8.94. The Morgan fingerprint density at radius 1 is 1.00 bits per heavy atom. The number of ketones is 1. The Hall–Kier alpha value is -3.38. The summed E-state index contributed by atoms with van der Waals surface area (Å²) in [6.45, 7) is 2.31. The van der Waals surface area contributed by atoms with E-state index in [9.17, 15) is 14.7 Å². The molecule has 0 radical (unpaired) electrons. The van der Waals surface area contributed by atoms with Gasteiger partial charge in [0.15, 0.2) is 5.78 Å². The average molecular weight is 378 g/mol.